The summed E-state index contributed by atoms with van der Waals surface area (Å²) in [7, 11) is 0. The van der Waals surface area contributed by atoms with E-state index in [2.05, 4.69) is 5.22 Å². The van der Waals surface area contributed by atoms with E-state index in [-0.39, 0.29) is 13.1 Å². The van der Waals surface area contributed by atoms with Crippen LogP contribution >= 0.6 is 11.8 Å². The monoisotopic (exact) mass is 387 g/mol. The third-order valence-corrected chi connectivity index (χ3v) is 4.95. The number of ether oxygens (including phenoxy) is 1. The highest BCUT2D eigenvalue weighted by Gasteiger charge is 2.33. The standard InChI is InChI=1S/C18H18FN5O2S/c1-27-15-5-2-12(3-6-15)16-7-4-13(8-17(16)19)24-10-14(26-18(24)25)9-23(11-20)22-21/h2-8,11,14,20-21H,9-10H2,1H3. The molecule has 0 bridgehead atoms. The van der Waals surface area contributed by atoms with Gasteiger partial charge < -0.3 is 4.74 Å². The van der Waals surface area contributed by atoms with Gasteiger partial charge in [-0.3, -0.25) is 10.3 Å². The van der Waals surface area contributed by atoms with E-state index in [1.807, 2.05) is 30.5 Å². The zero-order valence-corrected chi connectivity index (χ0v) is 15.4. The maximum absolute atomic E-state index is 14.7. The van der Waals surface area contributed by atoms with Crippen molar-refractivity contribution in [2.45, 2.75) is 11.0 Å². The van der Waals surface area contributed by atoms with Crippen molar-refractivity contribution in [1.82, 2.24) is 5.01 Å². The van der Waals surface area contributed by atoms with Gasteiger partial charge in [-0.2, -0.15) is 5.53 Å². The van der Waals surface area contributed by atoms with Gasteiger partial charge in [-0.05, 0) is 42.2 Å². The first kappa shape index (κ1) is 18.8. The maximum atomic E-state index is 14.7. The van der Waals surface area contributed by atoms with Crippen molar-refractivity contribution in [3.63, 3.8) is 0 Å². The zero-order valence-electron chi connectivity index (χ0n) is 14.6. The molecule has 0 saturated carbocycles. The second kappa shape index (κ2) is 8.17. The van der Waals surface area contributed by atoms with Crippen LogP contribution in [0.1, 0.15) is 0 Å². The van der Waals surface area contributed by atoms with E-state index in [1.165, 1.54) is 11.0 Å². The lowest BCUT2D eigenvalue weighted by atomic mass is 10.0. The van der Waals surface area contributed by atoms with Crippen LogP contribution in [0.5, 0.6) is 0 Å². The number of halogens is 1. The molecule has 1 saturated heterocycles. The van der Waals surface area contributed by atoms with Gasteiger partial charge in [0.15, 0.2) is 0 Å². The summed E-state index contributed by atoms with van der Waals surface area (Å²) in [5, 5.41) is 11.3. The van der Waals surface area contributed by atoms with Gasteiger partial charge in [0.25, 0.3) is 0 Å². The molecular formula is C18H18FN5O2S. The van der Waals surface area contributed by atoms with Crippen molar-refractivity contribution in [1.29, 1.82) is 10.9 Å². The van der Waals surface area contributed by atoms with Crippen molar-refractivity contribution in [2.24, 2.45) is 5.22 Å². The Labute approximate surface area is 160 Å². The number of benzene rings is 2. The normalized spacial score (nSPS) is 16.1. The molecule has 0 radical (unpaired) electrons. The molecule has 1 heterocycles. The molecule has 7 nitrogen and oxygen atoms in total. The Morgan fingerprint density at radius 2 is 2.11 bits per heavy atom. The van der Waals surface area contributed by atoms with Gasteiger partial charge in [-0.25, -0.2) is 14.2 Å². The number of thioether (sulfide) groups is 1. The molecule has 1 aliphatic heterocycles. The van der Waals surface area contributed by atoms with Gasteiger partial charge in [0.2, 0.25) is 0 Å². The summed E-state index contributed by atoms with van der Waals surface area (Å²) < 4.78 is 19.9. The van der Waals surface area contributed by atoms with Gasteiger partial charge in [0.05, 0.1) is 18.8 Å². The van der Waals surface area contributed by atoms with Crippen LogP contribution in [0.2, 0.25) is 0 Å². The average molecular weight is 387 g/mol. The number of nitrogens with zero attached hydrogens (tertiary/aromatic N) is 3. The fraction of sp³-hybridized carbons (Fsp3) is 0.222. The van der Waals surface area contributed by atoms with E-state index in [4.69, 9.17) is 15.7 Å². The molecular weight excluding hydrogens is 369 g/mol. The summed E-state index contributed by atoms with van der Waals surface area (Å²) in [5.41, 5.74) is 8.56. The predicted molar refractivity (Wildman–Crippen MR) is 102 cm³/mol. The predicted octanol–water partition coefficient (Wildman–Crippen LogP) is 4.39. The quantitative estimate of drug-likeness (QED) is 0.242. The Morgan fingerprint density at radius 3 is 2.70 bits per heavy atom. The van der Waals surface area contributed by atoms with Crippen LogP contribution in [0.4, 0.5) is 14.9 Å². The number of hydrogen-bond donors (Lipinski definition) is 2. The summed E-state index contributed by atoms with van der Waals surface area (Å²) in [5.74, 6) is -0.428. The van der Waals surface area contributed by atoms with Crippen LogP contribution in [-0.2, 0) is 4.74 Å². The van der Waals surface area contributed by atoms with Crippen LogP contribution in [0.25, 0.3) is 11.1 Å². The highest BCUT2D eigenvalue weighted by molar-refractivity contribution is 7.98. The van der Waals surface area contributed by atoms with Crippen molar-refractivity contribution in [3.8, 4) is 11.1 Å². The van der Waals surface area contributed by atoms with E-state index < -0.39 is 18.0 Å². The Bertz CT molecular complexity index is 853. The minimum absolute atomic E-state index is 0.0948. The molecule has 1 fully saturated rings. The first-order valence-electron chi connectivity index (χ1n) is 8.12. The van der Waals surface area contributed by atoms with E-state index >= 15 is 0 Å². The third-order valence-electron chi connectivity index (χ3n) is 4.21. The molecule has 3 rings (SSSR count). The fourth-order valence-electron chi connectivity index (χ4n) is 2.84. The zero-order chi connectivity index (χ0) is 19.4. The van der Waals surface area contributed by atoms with Crippen molar-refractivity contribution in [3.05, 3.63) is 48.3 Å². The minimum Gasteiger partial charge on any atom is -0.442 e. The lowest BCUT2D eigenvalue weighted by Gasteiger charge is -2.16. The number of carbonyl (C=O) groups is 1. The second-order valence-electron chi connectivity index (χ2n) is 5.86. The molecule has 1 unspecified atom stereocenters. The van der Waals surface area contributed by atoms with Crippen molar-refractivity contribution in [2.75, 3.05) is 24.2 Å². The summed E-state index contributed by atoms with van der Waals surface area (Å²) in [4.78, 5) is 14.5. The molecule has 9 heteroatoms. The molecule has 2 aromatic carbocycles. The minimum atomic E-state index is -0.591. The van der Waals surface area contributed by atoms with Crippen molar-refractivity contribution >= 4 is 29.9 Å². The Morgan fingerprint density at radius 1 is 1.37 bits per heavy atom. The summed E-state index contributed by atoms with van der Waals surface area (Å²) in [6, 6.07) is 12.2. The van der Waals surface area contributed by atoms with E-state index in [0.29, 0.717) is 11.3 Å². The fourth-order valence-corrected chi connectivity index (χ4v) is 3.24. The molecule has 0 aliphatic carbocycles. The number of carbonyl (C=O) groups excluding carboxylic acids is 1. The van der Waals surface area contributed by atoms with Crippen LogP contribution in [-0.4, -0.2) is 42.9 Å². The first-order valence-corrected chi connectivity index (χ1v) is 9.35. The van der Waals surface area contributed by atoms with Crippen LogP contribution in [0, 0.1) is 16.8 Å². The van der Waals surface area contributed by atoms with Gasteiger partial charge in [0.1, 0.15) is 18.3 Å². The smallest absolute Gasteiger partial charge is 0.414 e. The SMILES string of the molecule is CSc1ccc(-c2ccc(N3CC(CN(C=N)N=N)OC3=O)cc2F)cc1. The number of amides is 1. The summed E-state index contributed by atoms with van der Waals surface area (Å²) in [6.07, 6.45) is 1.70. The van der Waals surface area contributed by atoms with E-state index in [0.717, 1.165) is 21.8 Å². The van der Waals surface area contributed by atoms with E-state index in [9.17, 15) is 9.18 Å². The molecule has 140 valence electrons. The number of anilines is 1. The molecule has 1 amide bonds. The number of rotatable bonds is 7. The topological polar surface area (TPSA) is 92.8 Å². The average Bonchev–Trinajstić information content (AvgIpc) is 3.06. The van der Waals surface area contributed by atoms with E-state index in [1.54, 1.807) is 23.9 Å². The molecule has 27 heavy (non-hydrogen) atoms. The summed E-state index contributed by atoms with van der Waals surface area (Å²) in [6.45, 7) is 0.289. The van der Waals surface area contributed by atoms with Gasteiger partial charge >= 0.3 is 6.09 Å². The maximum Gasteiger partial charge on any atom is 0.414 e. The number of nitrogens with one attached hydrogen (secondary N) is 2. The third kappa shape index (κ3) is 4.08. The lowest BCUT2D eigenvalue weighted by molar-refractivity contribution is 0.125. The number of cyclic esters (lactones) is 1. The lowest BCUT2D eigenvalue weighted by Crippen LogP contribution is -2.30. The largest absolute Gasteiger partial charge is 0.442 e. The first-order chi connectivity index (χ1) is 13.0. The molecule has 2 aromatic rings. The molecule has 0 aromatic heterocycles. The highest BCUT2D eigenvalue weighted by atomic mass is 32.2. The van der Waals surface area contributed by atoms with Crippen molar-refractivity contribution < 1.29 is 13.9 Å². The Hall–Kier alpha value is -2.94. The molecule has 1 atom stereocenters. The molecule has 0 spiro atoms. The Balaban J connectivity index is 1.77. The van der Waals surface area contributed by atoms with Gasteiger partial charge in [-0.1, -0.05) is 17.4 Å². The van der Waals surface area contributed by atoms with Gasteiger partial charge in [0, 0.05) is 10.5 Å². The second-order valence-corrected chi connectivity index (χ2v) is 6.74. The highest BCUT2D eigenvalue weighted by Crippen LogP contribution is 2.30. The van der Waals surface area contributed by atoms with Crippen LogP contribution < -0.4 is 4.90 Å². The Kier molecular flexibility index (Phi) is 5.70. The van der Waals surface area contributed by atoms with Gasteiger partial charge in [-0.15, -0.1) is 11.8 Å². The molecule has 2 N–H and O–H groups in total. The molecule has 1 aliphatic rings. The number of hydrogen-bond acceptors (Lipinski definition) is 6. The summed E-state index contributed by atoms with van der Waals surface area (Å²) >= 11 is 1.62. The van der Waals surface area contributed by atoms with Crippen LogP contribution in [0.3, 0.4) is 0 Å². The van der Waals surface area contributed by atoms with Crippen LogP contribution in [0.15, 0.2) is 52.6 Å².